The standard InChI is InChI=1S/C32H30O12/c1-12(27-23(39)10-19(35)15-8-25(41)29(43-31(15)27)13-2-4-17(33)21(37)6-13)28-24(40)11-20(36)16-9-26(42)30(44-32(16)28)14-3-5-18(34)22(38)7-14/h2-7,10-12,25-26,29-30,33-42H,8-9H2,1H3/t25-,26-,29-,30-/m1/s1. The molecule has 0 saturated carbocycles. The Kier molecular flexibility index (Phi) is 6.90. The van der Waals surface area contributed by atoms with Crippen LogP contribution >= 0.6 is 0 Å². The summed E-state index contributed by atoms with van der Waals surface area (Å²) in [5.41, 5.74) is 1.18. The Morgan fingerprint density at radius 2 is 0.909 bits per heavy atom. The fourth-order valence-corrected chi connectivity index (χ4v) is 6.08. The van der Waals surface area contributed by atoms with Crippen LogP contribution in [0.4, 0.5) is 0 Å². The quantitative estimate of drug-likeness (QED) is 0.151. The summed E-state index contributed by atoms with van der Waals surface area (Å²) in [6, 6.07) is 9.98. The number of hydrogen-bond acceptors (Lipinski definition) is 12. The summed E-state index contributed by atoms with van der Waals surface area (Å²) in [5.74, 6) is -4.04. The first-order valence-electron chi connectivity index (χ1n) is 13.7. The van der Waals surface area contributed by atoms with Crippen LogP contribution in [-0.2, 0) is 12.8 Å². The zero-order valence-electron chi connectivity index (χ0n) is 23.2. The van der Waals surface area contributed by atoms with Crippen molar-refractivity contribution in [1.82, 2.24) is 0 Å². The van der Waals surface area contributed by atoms with Crippen molar-refractivity contribution in [3.05, 3.63) is 81.9 Å². The molecular formula is C32H30O12. The highest BCUT2D eigenvalue weighted by Crippen LogP contribution is 2.55. The van der Waals surface area contributed by atoms with Crippen LogP contribution in [0.1, 0.15) is 58.4 Å². The van der Waals surface area contributed by atoms with E-state index in [0.29, 0.717) is 11.1 Å². The molecule has 0 unspecified atom stereocenters. The Balaban J connectivity index is 1.47. The van der Waals surface area contributed by atoms with E-state index in [-0.39, 0.29) is 69.6 Å². The number of aliphatic hydroxyl groups excluding tert-OH is 2. The first-order valence-corrected chi connectivity index (χ1v) is 13.7. The topological polar surface area (TPSA) is 221 Å². The van der Waals surface area contributed by atoms with Gasteiger partial charge in [0.2, 0.25) is 0 Å². The van der Waals surface area contributed by atoms with E-state index in [1.54, 1.807) is 6.92 Å². The first kappa shape index (κ1) is 28.9. The van der Waals surface area contributed by atoms with Gasteiger partial charge in [-0.3, -0.25) is 0 Å². The second-order valence-electron chi connectivity index (χ2n) is 11.1. The molecule has 0 spiro atoms. The highest BCUT2D eigenvalue weighted by Gasteiger charge is 2.40. The van der Waals surface area contributed by atoms with Gasteiger partial charge in [-0.15, -0.1) is 0 Å². The van der Waals surface area contributed by atoms with Crippen LogP contribution < -0.4 is 9.47 Å². The van der Waals surface area contributed by atoms with Gasteiger partial charge < -0.3 is 60.5 Å². The molecule has 4 atom stereocenters. The van der Waals surface area contributed by atoms with Crippen LogP contribution in [0, 0.1) is 0 Å². The number of phenols is 8. The van der Waals surface area contributed by atoms with Crippen molar-refractivity contribution in [2.75, 3.05) is 0 Å². The Labute approximate surface area is 250 Å². The monoisotopic (exact) mass is 606 g/mol. The van der Waals surface area contributed by atoms with Crippen molar-refractivity contribution in [3.8, 4) is 57.5 Å². The zero-order chi connectivity index (χ0) is 31.6. The molecule has 4 aromatic rings. The summed E-state index contributed by atoms with van der Waals surface area (Å²) in [7, 11) is 0. The van der Waals surface area contributed by atoms with Crippen molar-refractivity contribution in [2.24, 2.45) is 0 Å². The third-order valence-corrected chi connectivity index (χ3v) is 8.29. The van der Waals surface area contributed by atoms with Gasteiger partial charge in [-0.05, 0) is 35.4 Å². The van der Waals surface area contributed by atoms with Crippen LogP contribution in [0.3, 0.4) is 0 Å². The Hall–Kier alpha value is -5.20. The molecule has 2 heterocycles. The Morgan fingerprint density at radius 1 is 0.523 bits per heavy atom. The molecule has 44 heavy (non-hydrogen) atoms. The molecule has 0 radical (unpaired) electrons. The predicted molar refractivity (Wildman–Crippen MR) is 153 cm³/mol. The third-order valence-electron chi connectivity index (χ3n) is 8.29. The lowest BCUT2D eigenvalue weighted by Gasteiger charge is -2.36. The van der Waals surface area contributed by atoms with Gasteiger partial charge in [-0.1, -0.05) is 19.1 Å². The molecule has 0 saturated heterocycles. The van der Waals surface area contributed by atoms with Crippen LogP contribution in [0.15, 0.2) is 48.5 Å². The average Bonchev–Trinajstić information content (AvgIpc) is 2.96. The van der Waals surface area contributed by atoms with E-state index >= 15 is 0 Å². The Bertz CT molecular complexity index is 1660. The first-order chi connectivity index (χ1) is 20.8. The van der Waals surface area contributed by atoms with E-state index in [1.165, 1.54) is 36.4 Å². The van der Waals surface area contributed by atoms with Crippen LogP contribution in [-0.4, -0.2) is 63.3 Å². The van der Waals surface area contributed by atoms with E-state index < -0.39 is 53.3 Å². The maximum atomic E-state index is 11.1. The summed E-state index contributed by atoms with van der Waals surface area (Å²) in [6.45, 7) is 1.62. The molecule has 0 aromatic heterocycles. The minimum absolute atomic E-state index is 0.00920. The van der Waals surface area contributed by atoms with Gasteiger partial charge in [0.15, 0.2) is 23.0 Å². The van der Waals surface area contributed by atoms with Crippen molar-refractivity contribution >= 4 is 0 Å². The summed E-state index contributed by atoms with van der Waals surface area (Å²) in [6.07, 6.45) is -4.76. The average molecular weight is 607 g/mol. The van der Waals surface area contributed by atoms with Gasteiger partial charge >= 0.3 is 0 Å². The minimum atomic E-state index is -1.19. The van der Waals surface area contributed by atoms with Gasteiger partial charge in [0.1, 0.15) is 46.7 Å². The number of aliphatic hydroxyl groups is 2. The molecular weight excluding hydrogens is 576 g/mol. The summed E-state index contributed by atoms with van der Waals surface area (Å²) >= 11 is 0. The minimum Gasteiger partial charge on any atom is -0.507 e. The molecule has 0 aliphatic carbocycles. The summed E-state index contributed by atoms with van der Waals surface area (Å²) < 4.78 is 12.3. The lowest BCUT2D eigenvalue weighted by molar-refractivity contribution is 0.0177. The largest absolute Gasteiger partial charge is 0.507 e. The number of fused-ring (bicyclic) bond motifs is 2. The normalized spacial score (nSPS) is 20.8. The second-order valence-corrected chi connectivity index (χ2v) is 11.1. The number of aromatic hydroxyl groups is 8. The van der Waals surface area contributed by atoms with Crippen molar-refractivity contribution < 1.29 is 60.5 Å². The second kappa shape index (κ2) is 10.5. The maximum Gasteiger partial charge on any atom is 0.157 e. The van der Waals surface area contributed by atoms with Crippen LogP contribution in [0.25, 0.3) is 0 Å². The van der Waals surface area contributed by atoms with Gasteiger partial charge in [0.25, 0.3) is 0 Å². The van der Waals surface area contributed by atoms with E-state index in [2.05, 4.69) is 0 Å². The van der Waals surface area contributed by atoms with Crippen molar-refractivity contribution in [1.29, 1.82) is 0 Å². The molecule has 0 fully saturated rings. The molecule has 4 aromatic carbocycles. The smallest absolute Gasteiger partial charge is 0.157 e. The highest BCUT2D eigenvalue weighted by molar-refractivity contribution is 5.66. The van der Waals surface area contributed by atoms with Gasteiger partial charge in [-0.2, -0.15) is 0 Å². The van der Waals surface area contributed by atoms with Gasteiger partial charge in [0, 0.05) is 53.1 Å². The lowest BCUT2D eigenvalue weighted by Crippen LogP contribution is -2.32. The van der Waals surface area contributed by atoms with Crippen molar-refractivity contribution in [2.45, 2.75) is 50.1 Å². The third kappa shape index (κ3) is 4.64. The maximum absolute atomic E-state index is 11.1. The number of rotatable bonds is 4. The molecule has 230 valence electrons. The fraction of sp³-hybridized carbons (Fsp3) is 0.250. The molecule has 6 rings (SSSR count). The number of hydrogen-bond donors (Lipinski definition) is 10. The van der Waals surface area contributed by atoms with E-state index in [4.69, 9.17) is 9.47 Å². The highest BCUT2D eigenvalue weighted by atomic mass is 16.5. The van der Waals surface area contributed by atoms with E-state index in [9.17, 15) is 51.1 Å². The predicted octanol–water partition coefficient (Wildman–Crippen LogP) is 3.56. The van der Waals surface area contributed by atoms with Crippen LogP contribution in [0.5, 0.6) is 57.5 Å². The lowest BCUT2D eigenvalue weighted by atomic mass is 9.83. The molecule has 2 aliphatic heterocycles. The molecule has 0 amide bonds. The molecule has 12 heteroatoms. The number of ether oxygens (including phenoxy) is 2. The van der Waals surface area contributed by atoms with E-state index in [1.807, 2.05) is 0 Å². The summed E-state index contributed by atoms with van der Waals surface area (Å²) in [4.78, 5) is 0. The summed E-state index contributed by atoms with van der Waals surface area (Å²) in [5, 5.41) is 105. The number of phenolic OH excluding ortho intramolecular Hbond substituents is 8. The molecule has 12 nitrogen and oxygen atoms in total. The van der Waals surface area contributed by atoms with Crippen LogP contribution in [0.2, 0.25) is 0 Å². The van der Waals surface area contributed by atoms with E-state index in [0.717, 1.165) is 12.1 Å². The zero-order valence-corrected chi connectivity index (χ0v) is 23.2. The molecule has 10 N–H and O–H groups in total. The van der Waals surface area contributed by atoms with Crippen molar-refractivity contribution in [3.63, 3.8) is 0 Å². The fourth-order valence-electron chi connectivity index (χ4n) is 6.08. The Morgan fingerprint density at radius 3 is 1.27 bits per heavy atom. The van der Waals surface area contributed by atoms with Gasteiger partial charge in [-0.25, -0.2) is 0 Å². The SMILES string of the molecule is CC(c1c(O)cc(O)c2c1O[C@H](c1ccc(O)c(O)c1)[C@H](O)C2)c1c(O)cc(O)c2c1O[C@H](c1ccc(O)c(O)c1)[C@H](O)C2. The van der Waals surface area contributed by atoms with Gasteiger partial charge in [0.05, 0.1) is 12.2 Å². The molecule has 0 bridgehead atoms. The number of benzene rings is 4. The molecule has 2 aliphatic rings.